The summed E-state index contributed by atoms with van der Waals surface area (Å²) in [5.74, 6) is -0.925. The van der Waals surface area contributed by atoms with Crippen molar-refractivity contribution in [1.82, 2.24) is 5.32 Å². The molecule has 0 radical (unpaired) electrons. The summed E-state index contributed by atoms with van der Waals surface area (Å²) in [6.45, 7) is 5.27. The fraction of sp³-hybridized carbons (Fsp3) is 0.538. The first kappa shape index (κ1) is 15.9. The van der Waals surface area contributed by atoms with Crippen LogP contribution in [-0.2, 0) is 4.74 Å². The SMILES string of the molecule is CC1(C)CNCC(COc2cc(Cl)c(F)cc2[N+](=O)[O-])O1. The Morgan fingerprint density at radius 1 is 1.62 bits per heavy atom. The Kier molecular flexibility index (Phi) is 4.65. The van der Waals surface area contributed by atoms with Crippen molar-refractivity contribution in [1.29, 1.82) is 0 Å². The summed E-state index contributed by atoms with van der Waals surface area (Å²) in [5.41, 5.74) is -0.793. The Bertz CT molecular complexity index is 553. The Balaban J connectivity index is 2.09. The predicted molar refractivity (Wildman–Crippen MR) is 75.4 cm³/mol. The summed E-state index contributed by atoms with van der Waals surface area (Å²) in [6.07, 6.45) is -0.253. The molecule has 1 saturated heterocycles. The molecule has 1 fully saturated rings. The summed E-state index contributed by atoms with van der Waals surface area (Å²) >= 11 is 5.64. The van der Waals surface area contributed by atoms with Crippen LogP contribution in [0.1, 0.15) is 13.8 Å². The molecule has 1 aliphatic rings. The Labute approximate surface area is 126 Å². The molecule has 21 heavy (non-hydrogen) atoms. The molecule has 2 rings (SSSR count). The maximum Gasteiger partial charge on any atom is 0.313 e. The third-order valence-electron chi connectivity index (χ3n) is 3.03. The van der Waals surface area contributed by atoms with Gasteiger partial charge in [0, 0.05) is 19.2 Å². The molecule has 1 N–H and O–H groups in total. The molecule has 1 aromatic rings. The number of nitro groups is 1. The van der Waals surface area contributed by atoms with Crippen LogP contribution in [0.15, 0.2) is 12.1 Å². The lowest BCUT2D eigenvalue weighted by Gasteiger charge is -2.36. The number of hydrogen-bond donors (Lipinski definition) is 1. The van der Waals surface area contributed by atoms with E-state index in [0.717, 1.165) is 12.1 Å². The lowest BCUT2D eigenvalue weighted by atomic mass is 10.1. The Hall–Kier alpha value is -1.44. The van der Waals surface area contributed by atoms with Crippen LogP contribution in [0.3, 0.4) is 0 Å². The number of ether oxygens (including phenoxy) is 2. The fourth-order valence-electron chi connectivity index (χ4n) is 2.12. The van der Waals surface area contributed by atoms with Crippen LogP contribution < -0.4 is 10.1 Å². The zero-order valence-electron chi connectivity index (χ0n) is 11.7. The molecule has 0 aromatic heterocycles. The topological polar surface area (TPSA) is 73.6 Å². The highest BCUT2D eigenvalue weighted by molar-refractivity contribution is 6.31. The van der Waals surface area contributed by atoms with Gasteiger partial charge in [-0.05, 0) is 13.8 Å². The first-order valence-electron chi connectivity index (χ1n) is 6.43. The Morgan fingerprint density at radius 2 is 2.33 bits per heavy atom. The molecule has 1 atom stereocenters. The van der Waals surface area contributed by atoms with Crippen molar-refractivity contribution in [2.45, 2.75) is 25.6 Å². The van der Waals surface area contributed by atoms with Gasteiger partial charge in [0.1, 0.15) is 18.5 Å². The lowest BCUT2D eigenvalue weighted by Crippen LogP contribution is -2.52. The van der Waals surface area contributed by atoms with Crippen LogP contribution >= 0.6 is 11.6 Å². The van der Waals surface area contributed by atoms with Crippen LogP contribution in [0.5, 0.6) is 5.75 Å². The van der Waals surface area contributed by atoms with Gasteiger partial charge in [-0.2, -0.15) is 0 Å². The average molecular weight is 319 g/mol. The zero-order chi connectivity index (χ0) is 15.6. The number of hydrogen-bond acceptors (Lipinski definition) is 5. The van der Waals surface area contributed by atoms with Gasteiger partial charge in [0.2, 0.25) is 0 Å². The molecule has 8 heteroatoms. The first-order valence-corrected chi connectivity index (χ1v) is 6.81. The molecule has 116 valence electrons. The quantitative estimate of drug-likeness (QED) is 0.682. The van der Waals surface area contributed by atoms with E-state index >= 15 is 0 Å². The number of morpholine rings is 1. The van der Waals surface area contributed by atoms with Crippen LogP contribution in [0, 0.1) is 15.9 Å². The zero-order valence-corrected chi connectivity index (χ0v) is 12.4. The highest BCUT2D eigenvalue weighted by Crippen LogP contribution is 2.32. The number of nitrogens with one attached hydrogen (secondary N) is 1. The van der Waals surface area contributed by atoms with E-state index in [0.29, 0.717) is 13.1 Å². The van der Waals surface area contributed by atoms with Gasteiger partial charge in [0.15, 0.2) is 5.75 Å². The summed E-state index contributed by atoms with van der Waals surface area (Å²) in [4.78, 5) is 10.2. The molecule has 0 amide bonds. The van der Waals surface area contributed by atoms with Crippen LogP contribution in [0.25, 0.3) is 0 Å². The third-order valence-corrected chi connectivity index (χ3v) is 3.32. The van der Waals surface area contributed by atoms with Gasteiger partial charge in [-0.1, -0.05) is 11.6 Å². The van der Waals surface area contributed by atoms with E-state index in [1.54, 1.807) is 0 Å². The molecular weight excluding hydrogens is 303 g/mol. The number of rotatable bonds is 4. The predicted octanol–water partition coefficient (Wildman–Crippen LogP) is 2.53. The fourth-order valence-corrected chi connectivity index (χ4v) is 2.27. The second kappa shape index (κ2) is 6.13. The summed E-state index contributed by atoms with van der Waals surface area (Å²) in [5, 5.41) is 13.9. The van der Waals surface area contributed by atoms with E-state index in [2.05, 4.69) is 5.32 Å². The van der Waals surface area contributed by atoms with Crippen LogP contribution in [-0.4, -0.2) is 36.3 Å². The summed E-state index contributed by atoms with van der Waals surface area (Å²) in [6, 6.07) is 1.86. The van der Waals surface area contributed by atoms with E-state index in [1.165, 1.54) is 0 Å². The average Bonchev–Trinajstić information content (AvgIpc) is 2.38. The highest BCUT2D eigenvalue weighted by Gasteiger charge is 2.29. The normalized spacial score (nSPS) is 21.0. The van der Waals surface area contributed by atoms with Gasteiger partial charge in [-0.25, -0.2) is 4.39 Å². The largest absolute Gasteiger partial charge is 0.484 e. The first-order chi connectivity index (χ1) is 9.78. The van der Waals surface area contributed by atoms with E-state index < -0.39 is 16.4 Å². The molecule has 0 spiro atoms. The minimum Gasteiger partial charge on any atom is -0.484 e. The summed E-state index contributed by atoms with van der Waals surface area (Å²) in [7, 11) is 0. The van der Waals surface area contributed by atoms with Crippen molar-refractivity contribution in [3.8, 4) is 5.75 Å². The van der Waals surface area contributed by atoms with Crippen molar-refractivity contribution in [3.63, 3.8) is 0 Å². The number of benzene rings is 1. The van der Waals surface area contributed by atoms with E-state index in [1.807, 2.05) is 13.8 Å². The molecular formula is C13H16ClFN2O4. The van der Waals surface area contributed by atoms with Gasteiger partial charge in [0.05, 0.1) is 21.6 Å². The molecule has 0 bridgehead atoms. The second-order valence-electron chi connectivity index (χ2n) is 5.43. The molecule has 0 saturated carbocycles. The molecule has 1 heterocycles. The van der Waals surface area contributed by atoms with E-state index in [-0.39, 0.29) is 29.1 Å². The van der Waals surface area contributed by atoms with Crippen LogP contribution in [0.2, 0.25) is 5.02 Å². The van der Waals surface area contributed by atoms with Crippen molar-refractivity contribution >= 4 is 17.3 Å². The Morgan fingerprint density at radius 3 is 2.95 bits per heavy atom. The maximum absolute atomic E-state index is 13.3. The van der Waals surface area contributed by atoms with Gasteiger partial charge in [0.25, 0.3) is 0 Å². The monoisotopic (exact) mass is 318 g/mol. The molecule has 1 aliphatic heterocycles. The van der Waals surface area contributed by atoms with Crippen molar-refractivity contribution in [3.05, 3.63) is 33.1 Å². The minimum absolute atomic E-state index is 0.0709. The smallest absolute Gasteiger partial charge is 0.313 e. The molecule has 1 aromatic carbocycles. The highest BCUT2D eigenvalue weighted by atomic mass is 35.5. The maximum atomic E-state index is 13.3. The number of nitrogens with zero attached hydrogens (tertiary/aromatic N) is 1. The van der Waals surface area contributed by atoms with Crippen molar-refractivity contribution in [2.75, 3.05) is 19.7 Å². The standard InChI is InChI=1S/C13H16ClFN2O4/c1-13(2)7-16-5-8(21-13)6-20-12-3-9(14)10(15)4-11(12)17(18)19/h3-4,8,16H,5-7H2,1-2H3. The minimum atomic E-state index is -0.854. The molecule has 0 aliphatic carbocycles. The van der Waals surface area contributed by atoms with Gasteiger partial charge in [-0.3, -0.25) is 10.1 Å². The lowest BCUT2D eigenvalue weighted by molar-refractivity contribution is -0.386. The van der Waals surface area contributed by atoms with E-state index in [4.69, 9.17) is 21.1 Å². The molecule has 6 nitrogen and oxygen atoms in total. The van der Waals surface area contributed by atoms with Crippen molar-refractivity contribution < 1.29 is 18.8 Å². The van der Waals surface area contributed by atoms with E-state index in [9.17, 15) is 14.5 Å². The van der Waals surface area contributed by atoms with Gasteiger partial charge in [-0.15, -0.1) is 0 Å². The number of halogens is 2. The second-order valence-corrected chi connectivity index (χ2v) is 5.84. The third kappa shape index (κ3) is 4.03. The van der Waals surface area contributed by atoms with Gasteiger partial charge < -0.3 is 14.8 Å². The molecule has 1 unspecified atom stereocenters. The van der Waals surface area contributed by atoms with Crippen molar-refractivity contribution in [2.24, 2.45) is 0 Å². The summed E-state index contributed by atoms with van der Waals surface area (Å²) < 4.78 is 24.5. The number of nitro benzene ring substituents is 1. The van der Waals surface area contributed by atoms with Gasteiger partial charge >= 0.3 is 5.69 Å². The van der Waals surface area contributed by atoms with Crippen LogP contribution in [0.4, 0.5) is 10.1 Å².